The summed E-state index contributed by atoms with van der Waals surface area (Å²) in [7, 11) is 0. The Morgan fingerprint density at radius 2 is 1.94 bits per heavy atom. The van der Waals surface area contributed by atoms with Gasteiger partial charge in [0.05, 0.1) is 16.4 Å². The molecule has 0 saturated carbocycles. The van der Waals surface area contributed by atoms with Crippen LogP contribution in [-0.2, 0) is 12.7 Å². The number of alkyl halides is 3. The monoisotopic (exact) mass is 475 g/mol. The lowest BCUT2D eigenvalue weighted by atomic mass is 10.1. The zero-order valence-corrected chi connectivity index (χ0v) is 18.1. The molecule has 170 valence electrons. The second-order valence-corrected chi connectivity index (χ2v) is 8.29. The Bertz CT molecular complexity index is 1280. The molecule has 33 heavy (non-hydrogen) atoms. The first-order chi connectivity index (χ1) is 15.8. The van der Waals surface area contributed by atoms with Gasteiger partial charge in [-0.15, -0.1) is 16.8 Å². The van der Waals surface area contributed by atoms with Crippen LogP contribution in [0.2, 0.25) is 0 Å². The molecular formula is C22H17F4N5OS. The molecule has 0 spiro atoms. The summed E-state index contributed by atoms with van der Waals surface area (Å²) in [6.45, 7) is 5.85. The molecule has 6 nitrogen and oxygen atoms in total. The van der Waals surface area contributed by atoms with Crippen molar-refractivity contribution >= 4 is 11.8 Å². The Hall–Kier alpha value is -3.47. The lowest BCUT2D eigenvalue weighted by Gasteiger charge is -2.10. The summed E-state index contributed by atoms with van der Waals surface area (Å²) in [5.74, 6) is 0.163. The molecule has 11 heteroatoms. The molecule has 0 aliphatic heterocycles. The minimum absolute atomic E-state index is 0.0446. The van der Waals surface area contributed by atoms with Crippen LogP contribution in [0.3, 0.4) is 0 Å². The number of nitrogens with zero attached hydrogens (tertiary/aromatic N) is 5. The zero-order valence-electron chi connectivity index (χ0n) is 17.3. The Morgan fingerprint density at radius 3 is 2.67 bits per heavy atom. The molecule has 2 aromatic heterocycles. The molecule has 0 aliphatic carbocycles. The normalized spacial score (nSPS) is 12.6. The Labute approximate surface area is 190 Å². The van der Waals surface area contributed by atoms with E-state index in [1.807, 2.05) is 0 Å². The number of thioether (sulfide) groups is 1. The summed E-state index contributed by atoms with van der Waals surface area (Å²) in [5, 5.41) is 12.2. The summed E-state index contributed by atoms with van der Waals surface area (Å²) in [5.41, 5.74) is -0.309. The van der Waals surface area contributed by atoms with E-state index in [1.165, 1.54) is 30.0 Å². The van der Waals surface area contributed by atoms with Gasteiger partial charge in [-0.2, -0.15) is 18.2 Å². The predicted molar refractivity (Wildman–Crippen MR) is 115 cm³/mol. The van der Waals surface area contributed by atoms with Gasteiger partial charge in [0.15, 0.2) is 11.0 Å². The number of rotatable bonds is 7. The first-order valence-corrected chi connectivity index (χ1v) is 10.6. The molecule has 0 amide bonds. The van der Waals surface area contributed by atoms with E-state index in [0.29, 0.717) is 23.1 Å². The number of allylic oxidation sites excluding steroid dienone is 1. The van der Waals surface area contributed by atoms with Crippen molar-refractivity contribution in [2.75, 3.05) is 0 Å². The fourth-order valence-corrected chi connectivity index (χ4v) is 3.96. The van der Waals surface area contributed by atoms with Crippen molar-refractivity contribution in [1.29, 1.82) is 0 Å². The van der Waals surface area contributed by atoms with Crippen LogP contribution in [0.15, 0.2) is 70.9 Å². The second-order valence-electron chi connectivity index (χ2n) is 6.98. The number of hydrogen-bond acceptors (Lipinski definition) is 6. The maximum absolute atomic E-state index is 14.3. The number of hydrogen-bond donors (Lipinski definition) is 0. The van der Waals surface area contributed by atoms with E-state index in [4.69, 9.17) is 4.52 Å². The lowest BCUT2D eigenvalue weighted by Crippen LogP contribution is -2.04. The molecular weight excluding hydrogens is 458 g/mol. The van der Waals surface area contributed by atoms with Gasteiger partial charge in [0.25, 0.3) is 0 Å². The van der Waals surface area contributed by atoms with E-state index < -0.39 is 22.8 Å². The summed E-state index contributed by atoms with van der Waals surface area (Å²) in [6, 6.07) is 10.9. The lowest BCUT2D eigenvalue weighted by molar-refractivity contribution is -0.137. The van der Waals surface area contributed by atoms with Crippen LogP contribution in [0, 0.1) is 5.82 Å². The highest BCUT2D eigenvalue weighted by atomic mass is 32.2. The van der Waals surface area contributed by atoms with Crippen molar-refractivity contribution in [2.24, 2.45) is 0 Å². The van der Waals surface area contributed by atoms with Crippen molar-refractivity contribution in [1.82, 2.24) is 24.9 Å². The van der Waals surface area contributed by atoms with Crippen LogP contribution in [0.25, 0.3) is 22.8 Å². The molecule has 0 fully saturated rings. The molecule has 0 aliphatic rings. The van der Waals surface area contributed by atoms with E-state index in [-0.39, 0.29) is 17.3 Å². The van der Waals surface area contributed by atoms with Crippen molar-refractivity contribution in [2.45, 2.75) is 30.1 Å². The number of aromatic nitrogens is 5. The largest absolute Gasteiger partial charge is 0.416 e. The highest BCUT2D eigenvalue weighted by molar-refractivity contribution is 7.99. The van der Waals surface area contributed by atoms with Gasteiger partial charge in [-0.3, -0.25) is 4.57 Å². The fourth-order valence-electron chi connectivity index (χ4n) is 3.07. The Morgan fingerprint density at radius 1 is 1.15 bits per heavy atom. The van der Waals surface area contributed by atoms with Crippen LogP contribution in [0.1, 0.15) is 23.6 Å². The SMILES string of the molecule is C=CCn1c(SC(C)c2nc(-c3cccc(C(F)(F)F)c3)no2)nnc1-c1ccccc1F. The van der Waals surface area contributed by atoms with Gasteiger partial charge in [-0.05, 0) is 31.2 Å². The maximum atomic E-state index is 14.3. The second kappa shape index (κ2) is 9.18. The Balaban J connectivity index is 1.59. The van der Waals surface area contributed by atoms with E-state index in [9.17, 15) is 17.6 Å². The predicted octanol–water partition coefficient (Wildman–Crippen LogP) is 6.19. The van der Waals surface area contributed by atoms with Gasteiger partial charge in [0, 0.05) is 12.1 Å². The quantitative estimate of drug-likeness (QED) is 0.180. The van der Waals surface area contributed by atoms with Crippen LogP contribution < -0.4 is 0 Å². The molecule has 0 bridgehead atoms. The molecule has 1 atom stereocenters. The zero-order chi connectivity index (χ0) is 23.6. The van der Waals surface area contributed by atoms with Gasteiger partial charge in [-0.1, -0.05) is 47.3 Å². The molecule has 0 N–H and O–H groups in total. The molecule has 2 aromatic carbocycles. The van der Waals surface area contributed by atoms with Crippen LogP contribution in [0.4, 0.5) is 17.6 Å². The van der Waals surface area contributed by atoms with Gasteiger partial charge in [-0.25, -0.2) is 4.39 Å². The molecule has 0 saturated heterocycles. The first-order valence-electron chi connectivity index (χ1n) is 9.75. The molecule has 0 radical (unpaired) electrons. The van der Waals surface area contributed by atoms with Crippen LogP contribution in [0.5, 0.6) is 0 Å². The number of benzene rings is 2. The minimum Gasteiger partial charge on any atom is -0.338 e. The first kappa shape index (κ1) is 22.7. The third-order valence-corrected chi connectivity index (χ3v) is 5.73. The molecule has 1 unspecified atom stereocenters. The highest BCUT2D eigenvalue weighted by Gasteiger charge is 2.31. The van der Waals surface area contributed by atoms with E-state index in [1.54, 1.807) is 35.8 Å². The highest BCUT2D eigenvalue weighted by Crippen LogP contribution is 2.36. The maximum Gasteiger partial charge on any atom is 0.416 e. The van der Waals surface area contributed by atoms with Gasteiger partial charge in [0.2, 0.25) is 11.7 Å². The van der Waals surface area contributed by atoms with Crippen molar-refractivity contribution in [3.8, 4) is 22.8 Å². The minimum atomic E-state index is -4.48. The van der Waals surface area contributed by atoms with E-state index in [0.717, 1.165) is 12.1 Å². The molecule has 4 aromatic rings. The molecule has 2 heterocycles. The summed E-state index contributed by atoms with van der Waals surface area (Å²) < 4.78 is 60.3. The topological polar surface area (TPSA) is 69.6 Å². The summed E-state index contributed by atoms with van der Waals surface area (Å²) in [6.07, 6.45) is -2.84. The fraction of sp³-hybridized carbons (Fsp3) is 0.182. The van der Waals surface area contributed by atoms with Gasteiger partial charge < -0.3 is 4.52 Å². The average Bonchev–Trinajstić information content (AvgIpc) is 3.42. The molecule has 4 rings (SSSR count). The third-order valence-electron chi connectivity index (χ3n) is 4.66. The Kier molecular flexibility index (Phi) is 6.32. The van der Waals surface area contributed by atoms with Gasteiger partial charge >= 0.3 is 6.18 Å². The standard InChI is InChI=1S/C22H17F4N5OS/c1-3-11-31-19(16-9-4-5-10-17(16)23)28-29-21(31)33-13(2)20-27-18(30-32-20)14-7-6-8-15(12-14)22(24,25)26/h3-10,12-13H,1,11H2,2H3. The van der Waals surface area contributed by atoms with Crippen molar-refractivity contribution < 1.29 is 22.1 Å². The van der Waals surface area contributed by atoms with E-state index in [2.05, 4.69) is 26.9 Å². The van der Waals surface area contributed by atoms with Crippen molar-refractivity contribution in [3.05, 3.63) is 78.5 Å². The smallest absolute Gasteiger partial charge is 0.338 e. The number of halogens is 4. The van der Waals surface area contributed by atoms with E-state index >= 15 is 0 Å². The third kappa shape index (κ3) is 4.82. The van der Waals surface area contributed by atoms with Crippen LogP contribution >= 0.6 is 11.8 Å². The van der Waals surface area contributed by atoms with Gasteiger partial charge in [0.1, 0.15) is 5.82 Å². The summed E-state index contributed by atoms with van der Waals surface area (Å²) >= 11 is 1.24. The van der Waals surface area contributed by atoms with Crippen LogP contribution in [-0.4, -0.2) is 24.9 Å². The van der Waals surface area contributed by atoms with Crippen molar-refractivity contribution in [3.63, 3.8) is 0 Å². The summed E-state index contributed by atoms with van der Waals surface area (Å²) in [4.78, 5) is 4.25. The average molecular weight is 475 g/mol.